The number of carbonyl (C=O) groups excluding carboxylic acids is 2. The molecule has 8 nitrogen and oxygen atoms in total. The lowest BCUT2D eigenvalue weighted by atomic mass is 10.0. The predicted octanol–water partition coefficient (Wildman–Crippen LogP) is 3.07. The maximum Gasteiger partial charge on any atom is 0.338 e. The van der Waals surface area contributed by atoms with E-state index in [0.717, 1.165) is 29.8 Å². The van der Waals surface area contributed by atoms with Gasteiger partial charge in [-0.2, -0.15) is 5.10 Å². The van der Waals surface area contributed by atoms with E-state index in [0.29, 0.717) is 23.2 Å². The summed E-state index contributed by atoms with van der Waals surface area (Å²) in [6.07, 6.45) is 1.61. The number of carbonyl (C=O) groups is 2. The first-order chi connectivity index (χ1) is 17.1. The molecule has 0 spiro atoms. The van der Waals surface area contributed by atoms with Crippen LogP contribution in [0.5, 0.6) is 0 Å². The third-order valence-corrected chi connectivity index (χ3v) is 5.77. The molecule has 0 aliphatic carbocycles. The molecule has 1 N–H and O–H groups in total. The Balaban J connectivity index is 1.28. The average molecular weight is 466 g/mol. The average Bonchev–Trinajstić information content (AvgIpc) is 3.37. The van der Waals surface area contributed by atoms with Gasteiger partial charge >= 0.3 is 5.97 Å². The van der Waals surface area contributed by atoms with E-state index in [1.807, 2.05) is 60.7 Å². The summed E-state index contributed by atoms with van der Waals surface area (Å²) in [5.74, 6) is -0.532. The molecule has 3 aromatic carbocycles. The lowest BCUT2D eigenvalue weighted by Gasteiger charge is -2.09. The molecule has 0 bridgehead atoms. The van der Waals surface area contributed by atoms with Gasteiger partial charge in [0.05, 0.1) is 22.2 Å². The Morgan fingerprint density at radius 3 is 2.31 bits per heavy atom. The first-order valence-corrected chi connectivity index (χ1v) is 11.3. The fourth-order valence-electron chi connectivity index (χ4n) is 4.06. The Labute approximate surface area is 200 Å². The molecule has 2 heterocycles. The van der Waals surface area contributed by atoms with Gasteiger partial charge in [0.2, 0.25) is 0 Å². The summed E-state index contributed by atoms with van der Waals surface area (Å²) in [6, 6.07) is 23.5. The molecule has 4 aromatic rings. The van der Waals surface area contributed by atoms with Crippen molar-refractivity contribution < 1.29 is 14.3 Å². The molecule has 1 aliphatic rings. The summed E-state index contributed by atoms with van der Waals surface area (Å²) in [7, 11) is 0. The topological polar surface area (TPSA) is 103 Å². The van der Waals surface area contributed by atoms with Gasteiger partial charge in [0.25, 0.3) is 11.5 Å². The van der Waals surface area contributed by atoms with Gasteiger partial charge in [-0.1, -0.05) is 60.7 Å². The van der Waals surface area contributed by atoms with E-state index in [-0.39, 0.29) is 11.1 Å². The van der Waals surface area contributed by atoms with E-state index in [2.05, 4.69) is 15.5 Å². The van der Waals surface area contributed by atoms with E-state index in [9.17, 15) is 14.4 Å². The van der Waals surface area contributed by atoms with Crippen molar-refractivity contribution >= 4 is 28.5 Å². The number of hydrogen-bond acceptors (Lipinski definition) is 6. The van der Waals surface area contributed by atoms with Gasteiger partial charge in [0.1, 0.15) is 5.82 Å². The monoisotopic (exact) mass is 466 g/mol. The van der Waals surface area contributed by atoms with Crippen molar-refractivity contribution in [2.75, 3.05) is 6.61 Å². The quantitative estimate of drug-likeness (QED) is 0.267. The third kappa shape index (κ3) is 4.72. The second kappa shape index (κ2) is 9.72. The van der Waals surface area contributed by atoms with E-state index in [1.165, 1.54) is 12.1 Å². The minimum atomic E-state index is -0.681. The largest absolute Gasteiger partial charge is 0.452 e. The van der Waals surface area contributed by atoms with Crippen LogP contribution in [0.1, 0.15) is 33.7 Å². The Morgan fingerprint density at radius 1 is 0.943 bits per heavy atom. The Morgan fingerprint density at radius 2 is 1.63 bits per heavy atom. The second-order valence-electron chi connectivity index (χ2n) is 8.12. The molecule has 8 heteroatoms. The summed E-state index contributed by atoms with van der Waals surface area (Å²) in [4.78, 5) is 42.0. The Kier molecular flexibility index (Phi) is 6.17. The number of hydrogen-bond donors (Lipinski definition) is 1. The zero-order valence-electron chi connectivity index (χ0n) is 18.8. The zero-order chi connectivity index (χ0) is 24.2. The van der Waals surface area contributed by atoms with E-state index >= 15 is 0 Å². The number of aryl methyl sites for hydroxylation is 1. The van der Waals surface area contributed by atoms with Crippen LogP contribution >= 0.6 is 0 Å². The number of nitrogens with zero attached hydrogens (tertiary/aromatic N) is 3. The molecule has 174 valence electrons. The van der Waals surface area contributed by atoms with Crippen LogP contribution in [0.4, 0.5) is 0 Å². The van der Waals surface area contributed by atoms with Crippen LogP contribution in [0.3, 0.4) is 0 Å². The number of fused-ring (bicyclic) bond motifs is 2. The minimum Gasteiger partial charge on any atom is -0.452 e. The maximum atomic E-state index is 12.6. The van der Waals surface area contributed by atoms with Gasteiger partial charge in [0.15, 0.2) is 6.61 Å². The molecule has 5 rings (SSSR count). The molecule has 0 atom stereocenters. The number of aromatic nitrogens is 2. The molecule has 0 saturated heterocycles. The fourth-order valence-corrected chi connectivity index (χ4v) is 4.06. The smallest absolute Gasteiger partial charge is 0.338 e. The number of esters is 1. The lowest BCUT2D eigenvalue weighted by Crippen LogP contribution is -2.26. The summed E-state index contributed by atoms with van der Waals surface area (Å²) in [5.41, 5.74) is 5.29. The highest BCUT2D eigenvalue weighted by Crippen LogP contribution is 2.17. The maximum absolute atomic E-state index is 12.6. The number of benzene rings is 3. The Hall–Kier alpha value is -4.59. The number of amides is 1. The number of nitrogens with one attached hydrogen (secondary N) is 1. The molecule has 35 heavy (non-hydrogen) atoms. The van der Waals surface area contributed by atoms with E-state index < -0.39 is 18.5 Å². The SMILES string of the molecule is O=C(COC(=O)c1ccc2c(=O)n3c(nc2c1)CCC3)NN=C(c1ccccc1)c1ccccc1. The third-order valence-electron chi connectivity index (χ3n) is 5.77. The number of ether oxygens (including phenoxy) is 1. The molecular weight excluding hydrogens is 444 g/mol. The van der Waals surface area contributed by atoms with Crippen molar-refractivity contribution in [3.63, 3.8) is 0 Å². The molecule has 0 radical (unpaired) electrons. The first-order valence-electron chi connectivity index (χ1n) is 11.3. The van der Waals surface area contributed by atoms with Crippen molar-refractivity contribution in [1.29, 1.82) is 0 Å². The molecule has 0 saturated carbocycles. The van der Waals surface area contributed by atoms with Gasteiger partial charge < -0.3 is 4.74 Å². The summed E-state index contributed by atoms with van der Waals surface area (Å²) >= 11 is 0. The summed E-state index contributed by atoms with van der Waals surface area (Å²) in [6.45, 7) is 0.159. The number of rotatable bonds is 6. The Bertz CT molecular complexity index is 1450. The highest BCUT2D eigenvalue weighted by atomic mass is 16.5. The second-order valence-corrected chi connectivity index (χ2v) is 8.12. The van der Waals surface area contributed by atoms with Crippen LogP contribution in [0.15, 0.2) is 88.8 Å². The normalized spacial score (nSPS) is 12.1. The minimum absolute atomic E-state index is 0.104. The van der Waals surface area contributed by atoms with E-state index in [1.54, 1.807) is 10.6 Å². The summed E-state index contributed by atoms with van der Waals surface area (Å²) < 4.78 is 6.85. The van der Waals surface area contributed by atoms with E-state index in [4.69, 9.17) is 4.74 Å². The molecule has 0 fully saturated rings. The highest BCUT2D eigenvalue weighted by Gasteiger charge is 2.18. The van der Waals surface area contributed by atoms with Crippen molar-refractivity contribution in [2.24, 2.45) is 5.10 Å². The van der Waals surface area contributed by atoms with Crippen molar-refractivity contribution in [3.8, 4) is 0 Å². The lowest BCUT2D eigenvalue weighted by molar-refractivity contribution is -0.124. The van der Waals surface area contributed by atoms with Gasteiger partial charge in [-0.15, -0.1) is 0 Å². The molecule has 1 amide bonds. The van der Waals surface area contributed by atoms with Crippen LogP contribution < -0.4 is 11.0 Å². The fraction of sp³-hybridized carbons (Fsp3) is 0.148. The summed E-state index contributed by atoms with van der Waals surface area (Å²) in [5, 5.41) is 4.73. The molecule has 1 aromatic heterocycles. The van der Waals surface area contributed by atoms with Crippen LogP contribution in [-0.4, -0.2) is 33.7 Å². The van der Waals surface area contributed by atoms with Gasteiger partial charge in [-0.25, -0.2) is 15.2 Å². The van der Waals surface area contributed by atoms with Crippen LogP contribution in [0.2, 0.25) is 0 Å². The number of hydrazone groups is 1. The van der Waals surface area contributed by atoms with Crippen molar-refractivity contribution in [2.45, 2.75) is 19.4 Å². The highest BCUT2D eigenvalue weighted by molar-refractivity contribution is 6.13. The van der Waals surface area contributed by atoms with Crippen LogP contribution in [0, 0.1) is 0 Å². The van der Waals surface area contributed by atoms with Crippen molar-refractivity contribution in [1.82, 2.24) is 15.0 Å². The van der Waals surface area contributed by atoms with Crippen LogP contribution in [-0.2, 0) is 22.5 Å². The van der Waals surface area contributed by atoms with Gasteiger partial charge in [-0.05, 0) is 24.6 Å². The van der Waals surface area contributed by atoms with Crippen LogP contribution in [0.25, 0.3) is 10.9 Å². The zero-order valence-corrected chi connectivity index (χ0v) is 18.8. The van der Waals surface area contributed by atoms with Gasteiger partial charge in [0, 0.05) is 24.1 Å². The molecular formula is C27H22N4O4. The van der Waals surface area contributed by atoms with Gasteiger partial charge in [-0.3, -0.25) is 14.2 Å². The van der Waals surface area contributed by atoms with Crippen molar-refractivity contribution in [3.05, 3.63) is 112 Å². The standard InChI is InChI=1S/C27H22N4O4/c32-24(29-30-25(18-8-3-1-4-9-18)19-10-5-2-6-11-19)17-35-27(34)20-13-14-21-22(16-20)28-23-12-7-15-31(23)26(21)33/h1-6,8-11,13-14,16H,7,12,15,17H2,(H,29,32). The first kappa shape index (κ1) is 22.2. The molecule has 1 aliphatic heterocycles. The predicted molar refractivity (Wildman–Crippen MR) is 131 cm³/mol. The molecule has 0 unspecified atom stereocenters.